The number of hydrogen-bond acceptors (Lipinski definition) is 5. The molecule has 1 fully saturated rings. The number of piperidine rings is 1. The van der Waals surface area contributed by atoms with Crippen molar-refractivity contribution in [1.82, 2.24) is 10.2 Å². The fourth-order valence-corrected chi connectivity index (χ4v) is 3.74. The van der Waals surface area contributed by atoms with Gasteiger partial charge in [-0.1, -0.05) is 0 Å². The van der Waals surface area contributed by atoms with Gasteiger partial charge in [0, 0.05) is 37.5 Å². The Hall–Kier alpha value is -3.48. The number of nitrogens with zero attached hydrogens (tertiary/aromatic N) is 1. The second-order valence-electron chi connectivity index (χ2n) is 7.61. The Bertz CT molecular complexity index is 999. The Morgan fingerprint density at radius 1 is 1.10 bits per heavy atom. The van der Waals surface area contributed by atoms with Gasteiger partial charge in [-0.3, -0.25) is 9.59 Å². The molecule has 0 spiro atoms. The minimum Gasteiger partial charge on any atom is -0.497 e. The van der Waals surface area contributed by atoms with E-state index in [1.54, 1.807) is 24.1 Å². The van der Waals surface area contributed by atoms with Gasteiger partial charge < -0.3 is 23.8 Å². The lowest BCUT2D eigenvalue weighted by molar-refractivity contribution is -0.122. The average molecular weight is 422 g/mol. The molecule has 0 saturated carbocycles. The molecule has 162 valence electrons. The zero-order valence-electron chi connectivity index (χ0n) is 17.5. The molecule has 3 aromatic rings. The van der Waals surface area contributed by atoms with Crippen LogP contribution in [0.15, 0.2) is 63.6 Å². The maximum atomic E-state index is 12.4. The third-order valence-electron chi connectivity index (χ3n) is 5.51. The first-order chi connectivity index (χ1) is 15.1. The molecule has 1 aliphatic heterocycles. The van der Waals surface area contributed by atoms with Crippen LogP contribution in [0.25, 0.3) is 11.3 Å². The maximum Gasteiger partial charge on any atom is 0.289 e. The molecule has 2 amide bonds. The van der Waals surface area contributed by atoms with Crippen LogP contribution in [0.4, 0.5) is 0 Å². The quantitative estimate of drug-likeness (QED) is 0.624. The smallest absolute Gasteiger partial charge is 0.289 e. The van der Waals surface area contributed by atoms with Crippen LogP contribution in [0.1, 0.15) is 35.6 Å². The molecule has 0 bridgehead atoms. The molecule has 7 nitrogen and oxygen atoms in total. The predicted octanol–water partition coefficient (Wildman–Crippen LogP) is 3.90. The van der Waals surface area contributed by atoms with E-state index >= 15 is 0 Å². The zero-order valence-corrected chi connectivity index (χ0v) is 17.5. The van der Waals surface area contributed by atoms with Gasteiger partial charge in [0.1, 0.15) is 17.3 Å². The number of likely N-dealkylation sites (tertiary alicyclic amines) is 1. The Morgan fingerprint density at radius 3 is 2.55 bits per heavy atom. The molecule has 1 aromatic carbocycles. The molecule has 1 N–H and O–H groups in total. The molecular weight excluding hydrogens is 396 g/mol. The van der Waals surface area contributed by atoms with Crippen molar-refractivity contribution >= 4 is 11.8 Å². The van der Waals surface area contributed by atoms with Crippen molar-refractivity contribution in [3.63, 3.8) is 0 Å². The molecule has 0 unspecified atom stereocenters. The first-order valence-electron chi connectivity index (χ1n) is 10.5. The lowest BCUT2D eigenvalue weighted by Crippen LogP contribution is -2.46. The van der Waals surface area contributed by atoms with Gasteiger partial charge in [-0.25, -0.2) is 0 Å². The van der Waals surface area contributed by atoms with Crippen molar-refractivity contribution in [2.75, 3.05) is 20.2 Å². The molecule has 0 radical (unpaired) electrons. The van der Waals surface area contributed by atoms with Crippen molar-refractivity contribution in [1.29, 1.82) is 0 Å². The summed E-state index contributed by atoms with van der Waals surface area (Å²) in [6.07, 6.45) is 3.87. The highest BCUT2D eigenvalue weighted by Crippen LogP contribution is 2.25. The molecule has 0 aliphatic carbocycles. The summed E-state index contributed by atoms with van der Waals surface area (Å²) in [6.45, 7) is 1.21. The number of rotatable bonds is 7. The van der Waals surface area contributed by atoms with E-state index < -0.39 is 0 Å². The predicted molar refractivity (Wildman–Crippen MR) is 115 cm³/mol. The molecule has 1 saturated heterocycles. The van der Waals surface area contributed by atoms with Crippen molar-refractivity contribution in [2.24, 2.45) is 0 Å². The summed E-state index contributed by atoms with van der Waals surface area (Å²) in [7, 11) is 1.63. The van der Waals surface area contributed by atoms with Crippen molar-refractivity contribution in [2.45, 2.75) is 31.7 Å². The number of carbonyl (C=O) groups excluding carboxylic acids is 2. The van der Waals surface area contributed by atoms with Crippen LogP contribution in [-0.2, 0) is 11.2 Å². The average Bonchev–Trinajstić information content (AvgIpc) is 3.50. The number of benzene rings is 1. The highest BCUT2D eigenvalue weighted by atomic mass is 16.5. The van der Waals surface area contributed by atoms with E-state index in [2.05, 4.69) is 5.32 Å². The van der Waals surface area contributed by atoms with Gasteiger partial charge in [0.15, 0.2) is 5.76 Å². The molecule has 2 aromatic heterocycles. The second kappa shape index (κ2) is 9.55. The Balaban J connectivity index is 1.21. The second-order valence-corrected chi connectivity index (χ2v) is 7.61. The van der Waals surface area contributed by atoms with Crippen LogP contribution in [0, 0.1) is 0 Å². The monoisotopic (exact) mass is 422 g/mol. The number of carbonyl (C=O) groups is 2. The number of ether oxygens (including phenoxy) is 1. The summed E-state index contributed by atoms with van der Waals surface area (Å²) < 4.78 is 16.2. The standard InChI is InChI=1S/C24H26N2O5/c1-29-19-6-4-17(5-7-19)21-10-8-20(31-21)9-11-23(27)25-18-12-14-26(15-13-18)24(28)22-3-2-16-30-22/h2-8,10,16,18H,9,11-15H2,1H3,(H,25,27). The van der Waals surface area contributed by atoms with Crippen LogP contribution < -0.4 is 10.1 Å². The number of hydrogen-bond donors (Lipinski definition) is 1. The first kappa shape index (κ1) is 20.8. The van der Waals surface area contributed by atoms with Crippen LogP contribution in [-0.4, -0.2) is 43.0 Å². The lowest BCUT2D eigenvalue weighted by atomic mass is 10.0. The first-order valence-corrected chi connectivity index (χ1v) is 10.5. The number of nitrogens with one attached hydrogen (secondary N) is 1. The van der Waals surface area contributed by atoms with Crippen molar-refractivity contribution in [3.05, 3.63) is 66.3 Å². The summed E-state index contributed by atoms with van der Waals surface area (Å²) in [5.41, 5.74) is 0.965. The molecule has 1 aliphatic rings. The summed E-state index contributed by atoms with van der Waals surface area (Å²) in [4.78, 5) is 26.5. The fraction of sp³-hybridized carbons (Fsp3) is 0.333. The van der Waals surface area contributed by atoms with Gasteiger partial charge in [0.2, 0.25) is 5.91 Å². The molecule has 3 heterocycles. The highest BCUT2D eigenvalue weighted by molar-refractivity contribution is 5.91. The number of amides is 2. The summed E-state index contributed by atoms with van der Waals surface area (Å²) in [6, 6.07) is 14.9. The van der Waals surface area contributed by atoms with E-state index in [1.165, 1.54) is 6.26 Å². The Labute approximate surface area is 181 Å². The van der Waals surface area contributed by atoms with Crippen LogP contribution in [0.2, 0.25) is 0 Å². The van der Waals surface area contributed by atoms with E-state index in [0.29, 0.717) is 31.7 Å². The van der Waals surface area contributed by atoms with E-state index in [9.17, 15) is 9.59 Å². The van der Waals surface area contributed by atoms with Gasteiger partial charge in [0.05, 0.1) is 13.4 Å². The van der Waals surface area contributed by atoms with E-state index in [-0.39, 0.29) is 17.9 Å². The van der Waals surface area contributed by atoms with Crippen molar-refractivity contribution < 1.29 is 23.2 Å². The minimum atomic E-state index is -0.0970. The maximum absolute atomic E-state index is 12.4. The minimum absolute atomic E-state index is 0.00166. The number of aryl methyl sites for hydroxylation is 1. The van der Waals surface area contributed by atoms with E-state index in [0.717, 1.165) is 35.7 Å². The third-order valence-corrected chi connectivity index (χ3v) is 5.51. The number of furan rings is 2. The Morgan fingerprint density at radius 2 is 1.87 bits per heavy atom. The molecule has 0 atom stereocenters. The summed E-state index contributed by atoms with van der Waals surface area (Å²) in [5, 5.41) is 3.08. The van der Waals surface area contributed by atoms with Gasteiger partial charge >= 0.3 is 0 Å². The largest absolute Gasteiger partial charge is 0.497 e. The highest BCUT2D eigenvalue weighted by Gasteiger charge is 2.25. The van der Waals surface area contributed by atoms with E-state index in [1.807, 2.05) is 36.4 Å². The van der Waals surface area contributed by atoms with Gasteiger partial charge in [-0.05, 0) is 61.4 Å². The van der Waals surface area contributed by atoms with Crippen molar-refractivity contribution in [3.8, 4) is 17.1 Å². The normalized spacial score (nSPS) is 14.4. The lowest BCUT2D eigenvalue weighted by Gasteiger charge is -2.31. The molecular formula is C24H26N2O5. The SMILES string of the molecule is COc1ccc(-c2ccc(CCC(=O)NC3CCN(C(=O)c4ccco4)CC3)o2)cc1. The summed E-state index contributed by atoms with van der Waals surface area (Å²) in [5.74, 6) is 2.60. The molecule has 4 rings (SSSR count). The summed E-state index contributed by atoms with van der Waals surface area (Å²) >= 11 is 0. The topological polar surface area (TPSA) is 84.9 Å². The van der Waals surface area contributed by atoms with Gasteiger partial charge in [-0.15, -0.1) is 0 Å². The zero-order chi connectivity index (χ0) is 21.6. The van der Waals surface area contributed by atoms with Gasteiger partial charge in [-0.2, -0.15) is 0 Å². The van der Waals surface area contributed by atoms with Crippen LogP contribution in [0.5, 0.6) is 5.75 Å². The molecule has 31 heavy (non-hydrogen) atoms. The molecule has 7 heteroatoms. The van der Waals surface area contributed by atoms with Crippen LogP contribution >= 0.6 is 0 Å². The number of methoxy groups -OCH3 is 1. The van der Waals surface area contributed by atoms with Crippen LogP contribution in [0.3, 0.4) is 0 Å². The third kappa shape index (κ3) is 5.17. The Kier molecular flexibility index (Phi) is 6.40. The van der Waals surface area contributed by atoms with Gasteiger partial charge in [0.25, 0.3) is 5.91 Å². The van der Waals surface area contributed by atoms with E-state index in [4.69, 9.17) is 13.6 Å². The fourth-order valence-electron chi connectivity index (χ4n) is 3.74.